The molecule has 128 valence electrons. The Morgan fingerprint density at radius 3 is 2.29 bits per heavy atom. The normalized spacial score (nSPS) is 21.1. The summed E-state index contributed by atoms with van der Waals surface area (Å²) in [6.45, 7) is 4.52. The molecule has 0 amide bonds. The number of hydrogen-bond donors (Lipinski definition) is 0. The van der Waals surface area contributed by atoms with Gasteiger partial charge in [-0.1, -0.05) is 75.3 Å². The zero-order valence-corrected chi connectivity index (χ0v) is 15.4. The van der Waals surface area contributed by atoms with Gasteiger partial charge in [0, 0.05) is 0 Å². The Morgan fingerprint density at radius 1 is 0.917 bits per heavy atom. The minimum absolute atomic E-state index is 0.752. The molecule has 0 aliphatic heterocycles. The molecule has 0 N–H and O–H groups in total. The van der Waals surface area contributed by atoms with Gasteiger partial charge >= 0.3 is 0 Å². The van der Waals surface area contributed by atoms with Gasteiger partial charge in [-0.2, -0.15) is 0 Å². The highest BCUT2D eigenvalue weighted by Gasteiger charge is 2.18. The topological polar surface area (TPSA) is 0 Å². The van der Waals surface area contributed by atoms with Gasteiger partial charge in [-0.15, -0.1) is 0 Å². The third kappa shape index (κ3) is 6.79. The molecule has 1 fully saturated rings. The number of benzene rings is 1. The average molecular weight is 321 g/mol. The highest BCUT2D eigenvalue weighted by molar-refractivity contribution is 5.53. The second kappa shape index (κ2) is 10.9. The van der Waals surface area contributed by atoms with Crippen molar-refractivity contribution in [3.05, 3.63) is 53.6 Å². The fourth-order valence-electron chi connectivity index (χ4n) is 3.58. The summed E-state index contributed by atoms with van der Waals surface area (Å²) in [5, 5.41) is 0. The van der Waals surface area contributed by atoms with Crippen molar-refractivity contribution >= 4 is 6.08 Å². The molecule has 24 heavy (non-hydrogen) atoms. The van der Waals surface area contributed by atoms with Crippen molar-refractivity contribution in [3.63, 3.8) is 0 Å². The second-order valence-electron chi connectivity index (χ2n) is 7.04. The van der Waals surface area contributed by atoms with Gasteiger partial charge in [0.25, 0.3) is 0 Å². The number of hydrogen-bond acceptors (Lipinski definition) is 0. The van der Waals surface area contributed by atoms with Crippen molar-refractivity contribution in [1.82, 2.24) is 0 Å². The third-order valence-corrected chi connectivity index (χ3v) is 5.00. The van der Waals surface area contributed by atoms with Crippen LogP contribution in [0, 0.1) is 23.7 Å². The van der Waals surface area contributed by atoms with E-state index in [2.05, 4.69) is 68.2 Å². The molecule has 0 heterocycles. The molecule has 0 aromatic heterocycles. The Labute approximate surface area is 149 Å². The molecule has 1 aromatic carbocycles. The van der Waals surface area contributed by atoms with Gasteiger partial charge in [0.1, 0.15) is 0 Å². The van der Waals surface area contributed by atoms with E-state index in [-0.39, 0.29) is 0 Å². The second-order valence-corrected chi connectivity index (χ2v) is 7.04. The van der Waals surface area contributed by atoms with E-state index in [0.29, 0.717) is 0 Å². The summed E-state index contributed by atoms with van der Waals surface area (Å²) in [7, 11) is 0. The average Bonchev–Trinajstić information content (AvgIpc) is 2.61. The molecule has 0 radical (unpaired) electrons. The molecule has 1 aliphatic carbocycles. The lowest BCUT2D eigenvalue weighted by Crippen LogP contribution is -2.12. The minimum Gasteiger partial charge on any atom is -0.0730 e. The lowest BCUT2D eigenvalue weighted by atomic mass is 9.80. The van der Waals surface area contributed by atoms with Crippen LogP contribution in [0.25, 0.3) is 6.08 Å². The molecule has 2 rings (SSSR count). The first kappa shape index (κ1) is 18.6. The molecule has 1 aliphatic rings. The van der Waals surface area contributed by atoms with Crippen LogP contribution in [0.5, 0.6) is 0 Å². The van der Waals surface area contributed by atoms with E-state index in [1.165, 1.54) is 56.1 Å². The van der Waals surface area contributed by atoms with E-state index in [1.807, 2.05) is 6.08 Å². The molecule has 0 atom stereocenters. The SMILES string of the molecule is CCCc1ccc(C=CC#CC=C[C@H]2CC[C@H](CCC)CC2)cc1. The zero-order valence-electron chi connectivity index (χ0n) is 15.4. The molecule has 0 spiro atoms. The lowest BCUT2D eigenvalue weighted by Gasteiger charge is -2.26. The van der Waals surface area contributed by atoms with Crippen molar-refractivity contribution in [1.29, 1.82) is 0 Å². The molecule has 1 aromatic rings. The maximum absolute atomic E-state index is 3.15. The van der Waals surface area contributed by atoms with Crippen molar-refractivity contribution in [3.8, 4) is 11.8 Å². The lowest BCUT2D eigenvalue weighted by molar-refractivity contribution is 0.294. The number of allylic oxidation sites excluding steroid dienone is 3. The minimum atomic E-state index is 0.752. The summed E-state index contributed by atoms with van der Waals surface area (Å²) >= 11 is 0. The maximum atomic E-state index is 3.15. The van der Waals surface area contributed by atoms with Crippen molar-refractivity contribution in [2.75, 3.05) is 0 Å². The Hall–Kier alpha value is -1.74. The largest absolute Gasteiger partial charge is 0.0730 e. The number of rotatable bonds is 6. The fraction of sp³-hybridized carbons (Fsp3) is 0.500. The Balaban J connectivity index is 1.73. The molecule has 0 saturated heterocycles. The van der Waals surface area contributed by atoms with Crippen LogP contribution in [0.1, 0.15) is 69.9 Å². The van der Waals surface area contributed by atoms with Crippen LogP contribution >= 0.6 is 0 Å². The van der Waals surface area contributed by atoms with Crippen LogP contribution in [-0.4, -0.2) is 0 Å². The predicted molar refractivity (Wildman–Crippen MR) is 107 cm³/mol. The van der Waals surface area contributed by atoms with Crippen molar-refractivity contribution < 1.29 is 0 Å². The van der Waals surface area contributed by atoms with Crippen LogP contribution in [-0.2, 0) is 6.42 Å². The van der Waals surface area contributed by atoms with Gasteiger partial charge in [-0.05, 0) is 73.3 Å². The van der Waals surface area contributed by atoms with Crippen LogP contribution in [0.15, 0.2) is 42.5 Å². The summed E-state index contributed by atoms with van der Waals surface area (Å²) < 4.78 is 0. The first-order valence-corrected chi connectivity index (χ1v) is 9.75. The first-order valence-electron chi connectivity index (χ1n) is 9.75. The monoisotopic (exact) mass is 320 g/mol. The molecule has 1 saturated carbocycles. The summed E-state index contributed by atoms with van der Waals surface area (Å²) in [5.41, 5.74) is 2.64. The molecular formula is C24H32. The van der Waals surface area contributed by atoms with Gasteiger partial charge in [-0.3, -0.25) is 0 Å². The predicted octanol–water partition coefficient (Wildman–Crippen LogP) is 6.82. The summed E-state index contributed by atoms with van der Waals surface area (Å²) in [6, 6.07) is 8.78. The third-order valence-electron chi connectivity index (χ3n) is 5.00. The van der Waals surface area contributed by atoms with Gasteiger partial charge in [-0.25, -0.2) is 0 Å². The maximum Gasteiger partial charge on any atom is -0.0109 e. The van der Waals surface area contributed by atoms with Gasteiger partial charge in [0.15, 0.2) is 0 Å². The Kier molecular flexibility index (Phi) is 8.47. The molecule has 0 unspecified atom stereocenters. The standard InChI is InChI=1S/C24H32/c1-3-9-21-13-17-23(18-14-21)11-7-5-6-8-12-24-19-15-22(10-4-2)16-20-24/h7-8,11-14,17-18,22,24H,3-4,9-10,15-16,19-20H2,1-2H3/t22-,24-. The van der Waals surface area contributed by atoms with Gasteiger partial charge < -0.3 is 0 Å². The smallest absolute Gasteiger partial charge is 0.0109 e. The Bertz CT molecular complexity index is 569. The molecule has 0 nitrogen and oxygen atoms in total. The summed E-state index contributed by atoms with van der Waals surface area (Å²) in [5.74, 6) is 8.01. The first-order chi connectivity index (χ1) is 11.8. The summed E-state index contributed by atoms with van der Waals surface area (Å²) in [6.07, 6.45) is 19.1. The molecular weight excluding hydrogens is 288 g/mol. The van der Waals surface area contributed by atoms with Gasteiger partial charge in [0.2, 0.25) is 0 Å². The van der Waals surface area contributed by atoms with Crippen LogP contribution in [0.4, 0.5) is 0 Å². The van der Waals surface area contributed by atoms with Crippen LogP contribution in [0.3, 0.4) is 0 Å². The van der Waals surface area contributed by atoms with E-state index in [0.717, 1.165) is 18.3 Å². The summed E-state index contributed by atoms with van der Waals surface area (Å²) in [4.78, 5) is 0. The van der Waals surface area contributed by atoms with Crippen LogP contribution < -0.4 is 0 Å². The van der Waals surface area contributed by atoms with E-state index in [1.54, 1.807) is 0 Å². The number of aryl methyl sites for hydroxylation is 1. The Morgan fingerprint density at radius 2 is 1.62 bits per heavy atom. The van der Waals surface area contributed by atoms with E-state index < -0.39 is 0 Å². The van der Waals surface area contributed by atoms with E-state index in [4.69, 9.17) is 0 Å². The van der Waals surface area contributed by atoms with Gasteiger partial charge in [0.05, 0.1) is 0 Å². The zero-order chi connectivity index (χ0) is 17.0. The molecule has 0 heteroatoms. The van der Waals surface area contributed by atoms with E-state index >= 15 is 0 Å². The quantitative estimate of drug-likeness (QED) is 0.504. The van der Waals surface area contributed by atoms with Crippen molar-refractivity contribution in [2.24, 2.45) is 11.8 Å². The van der Waals surface area contributed by atoms with E-state index in [9.17, 15) is 0 Å². The van der Waals surface area contributed by atoms with Crippen LogP contribution in [0.2, 0.25) is 0 Å². The fourth-order valence-corrected chi connectivity index (χ4v) is 3.58. The molecule has 0 bridgehead atoms. The highest BCUT2D eigenvalue weighted by Crippen LogP contribution is 2.31. The van der Waals surface area contributed by atoms with Crippen molar-refractivity contribution in [2.45, 2.75) is 65.2 Å². The highest BCUT2D eigenvalue weighted by atomic mass is 14.2.